The molecule has 1 saturated heterocycles. The molecule has 1 amide bonds. The summed E-state index contributed by atoms with van der Waals surface area (Å²) in [4.78, 5) is 11.8. The molecule has 108 valence electrons. The maximum atomic E-state index is 11.8. The highest BCUT2D eigenvalue weighted by atomic mass is 16.5. The van der Waals surface area contributed by atoms with Crippen LogP contribution in [0.25, 0.3) is 6.08 Å². The van der Waals surface area contributed by atoms with Crippen molar-refractivity contribution in [3.05, 3.63) is 35.9 Å². The first-order valence-electron chi connectivity index (χ1n) is 7.02. The fraction of sp³-hybridized carbons (Fsp3) is 0.438. The molecule has 4 nitrogen and oxygen atoms in total. The van der Waals surface area contributed by atoms with Crippen LogP contribution in [0, 0.1) is 0 Å². The van der Waals surface area contributed by atoms with Gasteiger partial charge >= 0.3 is 0 Å². The summed E-state index contributed by atoms with van der Waals surface area (Å²) in [5.41, 5.74) is 0.798. The summed E-state index contributed by atoms with van der Waals surface area (Å²) in [6.45, 7) is 2.82. The number of phenolic OH excluding ortho intramolecular Hbond substituents is 1. The van der Waals surface area contributed by atoms with Gasteiger partial charge in [0, 0.05) is 18.7 Å². The fourth-order valence-corrected chi connectivity index (χ4v) is 2.37. The normalized spacial score (nSPS) is 20.1. The van der Waals surface area contributed by atoms with E-state index in [1.807, 2.05) is 13.0 Å². The predicted octanol–water partition coefficient (Wildman–Crippen LogP) is 2.48. The van der Waals surface area contributed by atoms with Crippen LogP contribution in [-0.4, -0.2) is 29.8 Å². The van der Waals surface area contributed by atoms with Gasteiger partial charge in [-0.05, 0) is 50.0 Å². The standard InChI is InChI=1S/C16H21NO3/c1-12(10-15-6-3-9-20-15)17-16(19)8-7-13-4-2-5-14(18)11-13/h2,4-5,7-8,11-12,15,18H,3,6,9-10H2,1H3,(H,17,19)/b8-7+/t12-,15-/m1/s1. The van der Waals surface area contributed by atoms with Crippen LogP contribution in [0.4, 0.5) is 0 Å². The average Bonchev–Trinajstić information content (AvgIpc) is 2.89. The van der Waals surface area contributed by atoms with Crippen LogP contribution in [0.15, 0.2) is 30.3 Å². The summed E-state index contributed by atoms with van der Waals surface area (Å²) in [6.07, 6.45) is 6.50. The summed E-state index contributed by atoms with van der Waals surface area (Å²) < 4.78 is 5.55. The topological polar surface area (TPSA) is 58.6 Å². The first kappa shape index (κ1) is 14.6. The number of carbonyl (C=O) groups is 1. The predicted molar refractivity (Wildman–Crippen MR) is 78.3 cm³/mol. The van der Waals surface area contributed by atoms with Gasteiger partial charge in [-0.15, -0.1) is 0 Å². The molecule has 20 heavy (non-hydrogen) atoms. The lowest BCUT2D eigenvalue weighted by Gasteiger charge is -2.16. The lowest BCUT2D eigenvalue weighted by molar-refractivity contribution is -0.117. The monoisotopic (exact) mass is 275 g/mol. The molecule has 0 aliphatic carbocycles. The van der Waals surface area contributed by atoms with Gasteiger partial charge in [-0.25, -0.2) is 0 Å². The minimum Gasteiger partial charge on any atom is -0.508 e. The Labute approximate surface area is 119 Å². The second kappa shape index (κ2) is 7.10. The van der Waals surface area contributed by atoms with E-state index in [0.29, 0.717) is 0 Å². The number of phenols is 1. The van der Waals surface area contributed by atoms with Crippen molar-refractivity contribution in [2.24, 2.45) is 0 Å². The van der Waals surface area contributed by atoms with Crippen LogP contribution in [-0.2, 0) is 9.53 Å². The van der Waals surface area contributed by atoms with Crippen molar-refractivity contribution in [1.82, 2.24) is 5.32 Å². The molecule has 0 unspecified atom stereocenters. The van der Waals surface area contributed by atoms with Crippen molar-refractivity contribution in [3.63, 3.8) is 0 Å². The minimum atomic E-state index is -0.126. The van der Waals surface area contributed by atoms with Crippen LogP contribution in [0.3, 0.4) is 0 Å². The smallest absolute Gasteiger partial charge is 0.244 e. The molecule has 0 bridgehead atoms. The number of rotatable bonds is 5. The maximum Gasteiger partial charge on any atom is 0.244 e. The Morgan fingerprint density at radius 1 is 1.60 bits per heavy atom. The Morgan fingerprint density at radius 3 is 3.15 bits per heavy atom. The number of ether oxygens (including phenoxy) is 1. The summed E-state index contributed by atoms with van der Waals surface area (Å²) in [6, 6.07) is 6.88. The van der Waals surface area contributed by atoms with E-state index in [4.69, 9.17) is 4.74 Å². The third-order valence-corrected chi connectivity index (χ3v) is 3.33. The van der Waals surface area contributed by atoms with Gasteiger partial charge in [0.15, 0.2) is 0 Å². The van der Waals surface area contributed by atoms with Crippen molar-refractivity contribution >= 4 is 12.0 Å². The largest absolute Gasteiger partial charge is 0.508 e. The minimum absolute atomic E-state index is 0.0967. The molecule has 0 aromatic heterocycles. The Morgan fingerprint density at radius 2 is 2.45 bits per heavy atom. The van der Waals surface area contributed by atoms with Gasteiger partial charge < -0.3 is 15.2 Å². The van der Waals surface area contributed by atoms with E-state index < -0.39 is 0 Å². The summed E-state index contributed by atoms with van der Waals surface area (Å²) in [5, 5.41) is 12.3. The quantitative estimate of drug-likeness (QED) is 0.812. The molecular weight excluding hydrogens is 254 g/mol. The fourth-order valence-electron chi connectivity index (χ4n) is 2.37. The summed E-state index contributed by atoms with van der Waals surface area (Å²) >= 11 is 0. The summed E-state index contributed by atoms with van der Waals surface area (Å²) in [5.74, 6) is 0.0677. The Balaban J connectivity index is 1.79. The van der Waals surface area contributed by atoms with Gasteiger partial charge in [0.25, 0.3) is 0 Å². The highest BCUT2D eigenvalue weighted by Gasteiger charge is 2.18. The SMILES string of the molecule is C[C@H](C[C@H]1CCCO1)NC(=O)/C=C/c1cccc(O)c1. The molecule has 2 atom stereocenters. The molecule has 2 N–H and O–H groups in total. The van der Waals surface area contributed by atoms with Gasteiger partial charge in [0.05, 0.1) is 6.10 Å². The Kier molecular flexibility index (Phi) is 5.18. The lowest BCUT2D eigenvalue weighted by Crippen LogP contribution is -2.33. The Hall–Kier alpha value is -1.81. The van der Waals surface area contributed by atoms with Crippen molar-refractivity contribution in [1.29, 1.82) is 0 Å². The highest BCUT2D eigenvalue weighted by molar-refractivity contribution is 5.91. The number of benzene rings is 1. The van der Waals surface area contributed by atoms with Crippen molar-refractivity contribution in [2.45, 2.75) is 38.3 Å². The third kappa shape index (κ3) is 4.70. The van der Waals surface area contributed by atoms with Crippen LogP contribution >= 0.6 is 0 Å². The molecule has 4 heteroatoms. The van der Waals surface area contributed by atoms with Crippen molar-refractivity contribution < 1.29 is 14.6 Å². The van der Waals surface area contributed by atoms with Crippen molar-refractivity contribution in [2.75, 3.05) is 6.61 Å². The van der Waals surface area contributed by atoms with E-state index in [2.05, 4.69) is 5.32 Å². The van der Waals surface area contributed by atoms with E-state index in [-0.39, 0.29) is 23.8 Å². The summed E-state index contributed by atoms with van der Waals surface area (Å²) in [7, 11) is 0. The first-order chi connectivity index (χ1) is 9.63. The van der Waals surface area contributed by atoms with E-state index in [9.17, 15) is 9.90 Å². The number of carbonyl (C=O) groups excluding carboxylic acids is 1. The molecule has 1 aromatic rings. The van der Waals surface area contributed by atoms with Crippen LogP contribution in [0.5, 0.6) is 5.75 Å². The molecule has 0 saturated carbocycles. The molecule has 0 spiro atoms. The zero-order valence-corrected chi connectivity index (χ0v) is 11.7. The number of aromatic hydroxyl groups is 1. The number of hydrogen-bond acceptors (Lipinski definition) is 3. The second-order valence-electron chi connectivity index (χ2n) is 5.21. The van der Waals surface area contributed by atoms with E-state index in [1.165, 1.54) is 6.08 Å². The molecule has 1 aliphatic rings. The van der Waals surface area contributed by atoms with E-state index in [0.717, 1.165) is 31.4 Å². The van der Waals surface area contributed by atoms with Crippen LogP contribution < -0.4 is 5.32 Å². The van der Waals surface area contributed by atoms with Crippen molar-refractivity contribution in [3.8, 4) is 5.75 Å². The van der Waals surface area contributed by atoms with Gasteiger partial charge in [0.1, 0.15) is 5.75 Å². The van der Waals surface area contributed by atoms with E-state index >= 15 is 0 Å². The number of amides is 1. The van der Waals surface area contributed by atoms with Gasteiger partial charge in [-0.2, -0.15) is 0 Å². The van der Waals surface area contributed by atoms with E-state index in [1.54, 1.807) is 24.3 Å². The Bertz CT molecular complexity index is 478. The zero-order chi connectivity index (χ0) is 14.4. The first-order valence-corrected chi connectivity index (χ1v) is 7.02. The zero-order valence-electron chi connectivity index (χ0n) is 11.7. The lowest BCUT2D eigenvalue weighted by atomic mass is 10.1. The second-order valence-corrected chi connectivity index (χ2v) is 5.21. The third-order valence-electron chi connectivity index (χ3n) is 3.33. The number of nitrogens with one attached hydrogen (secondary N) is 1. The highest BCUT2D eigenvalue weighted by Crippen LogP contribution is 2.17. The van der Waals surface area contributed by atoms with Gasteiger partial charge in [-0.3, -0.25) is 4.79 Å². The molecule has 2 rings (SSSR count). The van der Waals surface area contributed by atoms with Gasteiger partial charge in [0.2, 0.25) is 5.91 Å². The maximum absolute atomic E-state index is 11.8. The molecular formula is C16H21NO3. The molecule has 1 fully saturated rings. The van der Waals surface area contributed by atoms with Gasteiger partial charge in [-0.1, -0.05) is 12.1 Å². The molecule has 1 heterocycles. The van der Waals surface area contributed by atoms with Crippen LogP contribution in [0.2, 0.25) is 0 Å². The average molecular weight is 275 g/mol. The number of hydrogen-bond donors (Lipinski definition) is 2. The molecule has 0 radical (unpaired) electrons. The molecule has 1 aromatic carbocycles. The van der Waals surface area contributed by atoms with Crippen LogP contribution in [0.1, 0.15) is 31.7 Å². The molecule has 1 aliphatic heterocycles.